The van der Waals surface area contributed by atoms with Crippen molar-refractivity contribution in [1.29, 1.82) is 0 Å². The van der Waals surface area contributed by atoms with Crippen LogP contribution in [0.3, 0.4) is 0 Å². The van der Waals surface area contributed by atoms with E-state index < -0.39 is 17.8 Å². The first-order chi connectivity index (χ1) is 9.02. The van der Waals surface area contributed by atoms with Crippen LogP contribution in [0.25, 0.3) is 0 Å². The Morgan fingerprint density at radius 3 is 2.74 bits per heavy atom. The molecule has 19 heavy (non-hydrogen) atoms. The standard InChI is InChI=1S/C13H16N2O4/c1-2-5-15-7-8(3-4-11(15)16)14-12(17)9-6-10(9)13(18)19/h3-4,7,9-10H,2,5-6H2,1H3,(H,14,17)(H,18,19)/t9-,10+/m0/s1. The summed E-state index contributed by atoms with van der Waals surface area (Å²) < 4.78 is 1.52. The minimum Gasteiger partial charge on any atom is -0.481 e. The van der Waals surface area contributed by atoms with Crippen LogP contribution in [0.1, 0.15) is 19.8 Å². The number of nitrogens with zero attached hydrogens (tertiary/aromatic N) is 1. The number of pyridine rings is 1. The van der Waals surface area contributed by atoms with E-state index in [0.717, 1.165) is 6.42 Å². The van der Waals surface area contributed by atoms with E-state index in [1.807, 2.05) is 6.92 Å². The van der Waals surface area contributed by atoms with Gasteiger partial charge < -0.3 is 15.0 Å². The third-order valence-electron chi connectivity index (χ3n) is 3.16. The van der Waals surface area contributed by atoms with Crippen LogP contribution in [0.15, 0.2) is 23.1 Å². The van der Waals surface area contributed by atoms with E-state index in [0.29, 0.717) is 18.7 Å². The Labute approximate surface area is 110 Å². The number of carbonyl (C=O) groups excluding carboxylic acids is 1. The van der Waals surface area contributed by atoms with Crippen molar-refractivity contribution in [3.8, 4) is 0 Å². The molecule has 0 aromatic carbocycles. The Kier molecular flexibility index (Phi) is 3.69. The van der Waals surface area contributed by atoms with E-state index in [-0.39, 0.29) is 11.5 Å². The summed E-state index contributed by atoms with van der Waals surface area (Å²) in [6.45, 7) is 2.54. The molecule has 1 fully saturated rings. The average Bonchev–Trinajstić information content (AvgIpc) is 3.14. The number of aliphatic carboxylic acids is 1. The van der Waals surface area contributed by atoms with Crippen molar-refractivity contribution >= 4 is 17.6 Å². The largest absolute Gasteiger partial charge is 0.481 e. The second kappa shape index (κ2) is 5.26. The quantitative estimate of drug-likeness (QED) is 0.827. The Morgan fingerprint density at radius 2 is 2.16 bits per heavy atom. The number of carbonyl (C=O) groups is 2. The molecule has 0 spiro atoms. The number of amides is 1. The fourth-order valence-corrected chi connectivity index (χ4v) is 2.01. The molecule has 102 valence electrons. The molecule has 0 saturated heterocycles. The zero-order chi connectivity index (χ0) is 14.0. The van der Waals surface area contributed by atoms with Crippen molar-refractivity contribution in [2.45, 2.75) is 26.3 Å². The molecule has 2 N–H and O–H groups in total. The topological polar surface area (TPSA) is 88.4 Å². The van der Waals surface area contributed by atoms with Gasteiger partial charge in [0.1, 0.15) is 0 Å². The molecule has 1 aliphatic rings. The van der Waals surface area contributed by atoms with E-state index in [2.05, 4.69) is 5.32 Å². The molecule has 6 nitrogen and oxygen atoms in total. The SMILES string of the molecule is CCCn1cc(NC(=O)[C@H]2C[C@H]2C(=O)O)ccc1=O. The number of aromatic nitrogens is 1. The highest BCUT2D eigenvalue weighted by Gasteiger charge is 2.48. The minimum absolute atomic E-state index is 0.116. The summed E-state index contributed by atoms with van der Waals surface area (Å²) in [6.07, 6.45) is 2.79. The van der Waals surface area contributed by atoms with Crippen molar-refractivity contribution in [3.63, 3.8) is 0 Å². The predicted octanol–water partition coefficient (Wildman–Crippen LogP) is 0.917. The predicted molar refractivity (Wildman–Crippen MR) is 68.9 cm³/mol. The zero-order valence-corrected chi connectivity index (χ0v) is 10.6. The molecule has 0 bridgehead atoms. The molecular weight excluding hydrogens is 248 g/mol. The van der Waals surface area contributed by atoms with E-state index in [9.17, 15) is 14.4 Å². The third-order valence-corrected chi connectivity index (χ3v) is 3.16. The van der Waals surface area contributed by atoms with Crippen LogP contribution in [0, 0.1) is 11.8 Å². The first-order valence-corrected chi connectivity index (χ1v) is 6.27. The van der Waals surface area contributed by atoms with E-state index in [1.165, 1.54) is 16.7 Å². The van der Waals surface area contributed by atoms with Gasteiger partial charge >= 0.3 is 5.97 Å². The Balaban J connectivity index is 2.04. The number of aryl methyl sites for hydroxylation is 1. The fourth-order valence-electron chi connectivity index (χ4n) is 2.01. The van der Waals surface area contributed by atoms with Crippen LogP contribution >= 0.6 is 0 Å². The molecule has 1 aromatic heterocycles. The maximum absolute atomic E-state index is 11.8. The van der Waals surface area contributed by atoms with Crippen LogP contribution in [0.2, 0.25) is 0 Å². The maximum Gasteiger partial charge on any atom is 0.307 e. The van der Waals surface area contributed by atoms with Crippen LogP contribution in [0.5, 0.6) is 0 Å². The number of carboxylic acid groups (broad SMARTS) is 1. The highest BCUT2D eigenvalue weighted by molar-refractivity contribution is 5.98. The lowest BCUT2D eigenvalue weighted by Gasteiger charge is -2.08. The molecule has 1 amide bonds. The summed E-state index contributed by atoms with van der Waals surface area (Å²) >= 11 is 0. The molecule has 2 atom stereocenters. The van der Waals surface area contributed by atoms with E-state index >= 15 is 0 Å². The normalized spacial score (nSPS) is 20.9. The van der Waals surface area contributed by atoms with Gasteiger partial charge in [0, 0.05) is 18.8 Å². The summed E-state index contributed by atoms with van der Waals surface area (Å²) in [6, 6.07) is 2.93. The first kappa shape index (κ1) is 13.3. The average molecular weight is 264 g/mol. The van der Waals surface area contributed by atoms with E-state index in [4.69, 9.17) is 5.11 Å². The summed E-state index contributed by atoms with van der Waals surface area (Å²) in [4.78, 5) is 34.0. The third kappa shape index (κ3) is 3.01. The molecule has 0 unspecified atom stereocenters. The molecule has 1 saturated carbocycles. The van der Waals surface area contributed by atoms with Gasteiger partial charge in [-0.3, -0.25) is 14.4 Å². The van der Waals surface area contributed by atoms with Gasteiger partial charge in [-0.1, -0.05) is 6.92 Å². The lowest BCUT2D eigenvalue weighted by molar-refractivity contribution is -0.139. The number of carboxylic acids is 1. The number of anilines is 1. The highest BCUT2D eigenvalue weighted by Crippen LogP contribution is 2.39. The molecule has 1 aliphatic carbocycles. The molecule has 0 radical (unpaired) electrons. The number of hydrogen-bond donors (Lipinski definition) is 2. The highest BCUT2D eigenvalue weighted by atomic mass is 16.4. The molecular formula is C13H16N2O4. The van der Waals surface area contributed by atoms with Crippen molar-refractivity contribution in [2.75, 3.05) is 5.32 Å². The molecule has 1 aromatic rings. The Bertz CT molecular complexity index is 564. The number of hydrogen-bond acceptors (Lipinski definition) is 3. The van der Waals surface area contributed by atoms with Gasteiger partial charge in [-0.15, -0.1) is 0 Å². The Morgan fingerprint density at radius 1 is 1.42 bits per heavy atom. The molecule has 6 heteroatoms. The molecule has 2 rings (SSSR count). The maximum atomic E-state index is 11.8. The molecule has 1 heterocycles. The van der Waals surface area contributed by atoms with Gasteiger partial charge in [0.25, 0.3) is 5.56 Å². The fraction of sp³-hybridized carbons (Fsp3) is 0.462. The number of nitrogens with one attached hydrogen (secondary N) is 1. The zero-order valence-electron chi connectivity index (χ0n) is 10.6. The van der Waals surface area contributed by atoms with Gasteiger partial charge in [0.15, 0.2) is 0 Å². The van der Waals surface area contributed by atoms with Gasteiger partial charge in [-0.25, -0.2) is 0 Å². The smallest absolute Gasteiger partial charge is 0.307 e. The first-order valence-electron chi connectivity index (χ1n) is 6.27. The van der Waals surface area contributed by atoms with Gasteiger partial charge in [0.2, 0.25) is 5.91 Å². The lowest BCUT2D eigenvalue weighted by atomic mass is 10.3. The second-order valence-corrected chi connectivity index (χ2v) is 4.73. The van der Waals surface area contributed by atoms with Crippen LogP contribution in [-0.2, 0) is 16.1 Å². The van der Waals surface area contributed by atoms with Crippen LogP contribution in [-0.4, -0.2) is 21.6 Å². The van der Waals surface area contributed by atoms with Gasteiger partial charge in [-0.05, 0) is 18.9 Å². The number of rotatable bonds is 5. The summed E-state index contributed by atoms with van der Waals surface area (Å²) in [5.74, 6) is -2.25. The van der Waals surface area contributed by atoms with Gasteiger partial charge in [0.05, 0.1) is 17.5 Å². The van der Waals surface area contributed by atoms with Crippen LogP contribution in [0.4, 0.5) is 5.69 Å². The lowest BCUT2D eigenvalue weighted by Crippen LogP contribution is -2.21. The van der Waals surface area contributed by atoms with Crippen molar-refractivity contribution < 1.29 is 14.7 Å². The van der Waals surface area contributed by atoms with Crippen molar-refractivity contribution in [3.05, 3.63) is 28.7 Å². The summed E-state index contributed by atoms with van der Waals surface area (Å²) in [7, 11) is 0. The van der Waals surface area contributed by atoms with Crippen LogP contribution < -0.4 is 10.9 Å². The summed E-state index contributed by atoms with van der Waals surface area (Å²) in [5, 5.41) is 11.4. The molecule has 0 aliphatic heterocycles. The monoisotopic (exact) mass is 264 g/mol. The second-order valence-electron chi connectivity index (χ2n) is 4.73. The van der Waals surface area contributed by atoms with E-state index in [1.54, 1.807) is 6.20 Å². The summed E-state index contributed by atoms with van der Waals surface area (Å²) in [5.41, 5.74) is 0.406. The van der Waals surface area contributed by atoms with Crippen molar-refractivity contribution in [2.24, 2.45) is 11.8 Å². The minimum atomic E-state index is -0.934. The van der Waals surface area contributed by atoms with Gasteiger partial charge in [-0.2, -0.15) is 0 Å². The van der Waals surface area contributed by atoms with Crippen molar-refractivity contribution in [1.82, 2.24) is 4.57 Å². The Hall–Kier alpha value is -2.11.